The summed E-state index contributed by atoms with van der Waals surface area (Å²) in [5.41, 5.74) is 0. The lowest BCUT2D eigenvalue weighted by molar-refractivity contribution is -0.167. The van der Waals surface area contributed by atoms with E-state index in [-0.39, 0.29) is 37.5 Å². The zero-order chi connectivity index (χ0) is 59.2. The first kappa shape index (κ1) is 76.8. The van der Waals surface area contributed by atoms with E-state index in [0.717, 1.165) is 154 Å². The monoisotopic (exact) mass is 1130 g/mol. The number of unbranched alkanes of at least 4 members (excludes halogenated alkanes) is 19. The predicted molar refractivity (Wildman–Crippen MR) is 357 cm³/mol. The quantitative estimate of drug-likeness (QED) is 0.0261. The van der Waals surface area contributed by atoms with Gasteiger partial charge in [-0.3, -0.25) is 14.4 Å². The molecule has 0 aliphatic heterocycles. The molecule has 0 aromatic carbocycles. The maximum Gasteiger partial charge on any atom is 0.306 e. The summed E-state index contributed by atoms with van der Waals surface area (Å²) in [6, 6.07) is 0. The maximum absolute atomic E-state index is 12.9. The first-order chi connectivity index (χ1) is 40.5. The van der Waals surface area contributed by atoms with E-state index in [9.17, 15) is 14.4 Å². The molecule has 0 aromatic heterocycles. The van der Waals surface area contributed by atoms with Crippen LogP contribution in [0.3, 0.4) is 0 Å². The molecule has 0 spiro atoms. The van der Waals surface area contributed by atoms with Crippen molar-refractivity contribution in [1.82, 2.24) is 0 Å². The molecular weight excluding hydrogens is 1010 g/mol. The zero-order valence-electron chi connectivity index (χ0n) is 52.7. The third-order valence-corrected chi connectivity index (χ3v) is 13.5. The molecular formula is C76H120O6. The standard InChI is InChI=1S/C76H120O6/c1-4-7-10-13-16-19-22-25-28-30-32-34-36-38-40-42-44-46-48-51-54-57-60-63-66-69-75(78)81-72-73(71-80-74(77)68-65-62-59-56-53-50-27-24-21-18-15-12-9-6-3)82-76(79)70-67-64-61-58-55-52-49-47-45-43-41-39-37-35-33-31-29-26-23-20-17-14-11-8-5-2/h7-8,10-11,16-17,19-20,25-26,28-29,32-35,38-41,44-47,51-52,54-55,73H,4-6,9,12-15,18,21-24,27,30-31,36-37,42-43,48-50,53,56-72H2,1-3H3/b10-7-,11-8-,19-16-,20-17-,28-25-,29-26-,34-32-,35-33-,40-38-,41-39-,46-44-,47-45-,54-51-,55-52-. The first-order valence-electron chi connectivity index (χ1n) is 33.1. The fourth-order valence-electron chi connectivity index (χ4n) is 8.58. The highest BCUT2D eigenvalue weighted by Crippen LogP contribution is 2.15. The molecule has 6 nitrogen and oxygen atoms in total. The Morgan fingerprint density at radius 3 is 0.744 bits per heavy atom. The number of ether oxygens (including phenoxy) is 3. The van der Waals surface area contributed by atoms with Crippen LogP contribution in [0.2, 0.25) is 0 Å². The molecule has 0 N–H and O–H groups in total. The molecule has 1 unspecified atom stereocenters. The van der Waals surface area contributed by atoms with Gasteiger partial charge in [-0.05, 0) is 135 Å². The Kier molecular flexibility index (Phi) is 63.9. The van der Waals surface area contributed by atoms with Gasteiger partial charge >= 0.3 is 17.9 Å². The summed E-state index contributed by atoms with van der Waals surface area (Å²) in [6.45, 7) is 6.36. The fourth-order valence-corrected chi connectivity index (χ4v) is 8.58. The fraction of sp³-hybridized carbons (Fsp3) is 0.592. The topological polar surface area (TPSA) is 78.9 Å². The van der Waals surface area contributed by atoms with Gasteiger partial charge in [-0.1, -0.05) is 287 Å². The van der Waals surface area contributed by atoms with Crippen molar-refractivity contribution in [1.29, 1.82) is 0 Å². The van der Waals surface area contributed by atoms with Gasteiger partial charge in [0, 0.05) is 19.3 Å². The maximum atomic E-state index is 12.9. The van der Waals surface area contributed by atoms with Gasteiger partial charge in [-0.15, -0.1) is 0 Å². The van der Waals surface area contributed by atoms with E-state index in [4.69, 9.17) is 14.2 Å². The average Bonchev–Trinajstić information content (AvgIpc) is 3.47. The van der Waals surface area contributed by atoms with Gasteiger partial charge in [0.25, 0.3) is 0 Å². The Balaban J connectivity index is 4.53. The van der Waals surface area contributed by atoms with Crippen LogP contribution in [0.4, 0.5) is 0 Å². The van der Waals surface area contributed by atoms with Gasteiger partial charge in [-0.2, -0.15) is 0 Å². The van der Waals surface area contributed by atoms with Gasteiger partial charge in [-0.25, -0.2) is 0 Å². The van der Waals surface area contributed by atoms with E-state index in [2.05, 4.69) is 191 Å². The van der Waals surface area contributed by atoms with Crippen molar-refractivity contribution in [2.45, 2.75) is 277 Å². The summed E-state index contributed by atoms with van der Waals surface area (Å²) < 4.78 is 16.9. The van der Waals surface area contributed by atoms with E-state index < -0.39 is 6.10 Å². The number of esters is 3. The number of rotatable bonds is 58. The molecule has 0 aliphatic carbocycles. The lowest BCUT2D eigenvalue weighted by atomic mass is 10.0. The largest absolute Gasteiger partial charge is 0.462 e. The number of allylic oxidation sites excluding steroid dienone is 28. The summed E-state index contributed by atoms with van der Waals surface area (Å²) in [7, 11) is 0. The van der Waals surface area contributed by atoms with Crippen LogP contribution < -0.4 is 0 Å². The van der Waals surface area contributed by atoms with Crippen LogP contribution >= 0.6 is 0 Å². The molecule has 0 aliphatic rings. The summed E-state index contributed by atoms with van der Waals surface area (Å²) in [5.74, 6) is -0.977. The molecule has 0 fully saturated rings. The van der Waals surface area contributed by atoms with Crippen LogP contribution in [0, 0.1) is 0 Å². The second-order valence-corrected chi connectivity index (χ2v) is 21.3. The summed E-state index contributed by atoms with van der Waals surface area (Å²) in [5, 5.41) is 0. The summed E-state index contributed by atoms with van der Waals surface area (Å²) in [4.78, 5) is 38.4. The Bertz CT molecular complexity index is 1870. The minimum Gasteiger partial charge on any atom is -0.462 e. The minimum absolute atomic E-state index is 0.108. The smallest absolute Gasteiger partial charge is 0.306 e. The summed E-state index contributed by atoms with van der Waals surface area (Å²) in [6.07, 6.45) is 101. The molecule has 6 heteroatoms. The zero-order valence-corrected chi connectivity index (χ0v) is 52.7. The van der Waals surface area contributed by atoms with Gasteiger partial charge in [0.05, 0.1) is 0 Å². The van der Waals surface area contributed by atoms with Gasteiger partial charge in [0.1, 0.15) is 13.2 Å². The Hall–Kier alpha value is -5.23. The van der Waals surface area contributed by atoms with Crippen molar-refractivity contribution in [2.75, 3.05) is 13.2 Å². The number of carbonyl (C=O) groups excluding carboxylic acids is 3. The van der Waals surface area contributed by atoms with Gasteiger partial charge in [0.2, 0.25) is 0 Å². The van der Waals surface area contributed by atoms with Crippen LogP contribution in [-0.2, 0) is 28.6 Å². The minimum atomic E-state index is -0.819. The predicted octanol–water partition coefficient (Wildman–Crippen LogP) is 23.0. The number of carbonyl (C=O) groups is 3. The van der Waals surface area contributed by atoms with Crippen molar-refractivity contribution < 1.29 is 28.6 Å². The van der Waals surface area contributed by atoms with Crippen LogP contribution in [0.1, 0.15) is 271 Å². The highest BCUT2D eigenvalue weighted by Gasteiger charge is 2.19. The molecule has 1 atom stereocenters. The second kappa shape index (κ2) is 68.3. The van der Waals surface area contributed by atoms with Crippen LogP contribution in [-0.4, -0.2) is 37.2 Å². The Morgan fingerprint density at radius 2 is 0.476 bits per heavy atom. The Labute approximate surface area is 504 Å². The normalized spacial score (nSPS) is 13.3. The van der Waals surface area contributed by atoms with E-state index in [1.807, 2.05) is 0 Å². The second-order valence-electron chi connectivity index (χ2n) is 21.3. The van der Waals surface area contributed by atoms with Crippen LogP contribution in [0.15, 0.2) is 170 Å². The van der Waals surface area contributed by atoms with E-state index >= 15 is 0 Å². The van der Waals surface area contributed by atoms with Crippen molar-refractivity contribution in [2.24, 2.45) is 0 Å². The molecule has 82 heavy (non-hydrogen) atoms. The van der Waals surface area contributed by atoms with Crippen molar-refractivity contribution in [3.63, 3.8) is 0 Å². The molecule has 0 saturated carbocycles. The van der Waals surface area contributed by atoms with Crippen molar-refractivity contribution in [3.8, 4) is 0 Å². The highest BCUT2D eigenvalue weighted by molar-refractivity contribution is 5.71. The van der Waals surface area contributed by atoms with Gasteiger partial charge < -0.3 is 14.2 Å². The van der Waals surface area contributed by atoms with Crippen molar-refractivity contribution in [3.05, 3.63) is 170 Å². The molecule has 0 saturated heterocycles. The molecule has 0 rings (SSSR count). The van der Waals surface area contributed by atoms with Gasteiger partial charge in [0.15, 0.2) is 6.10 Å². The van der Waals surface area contributed by atoms with Crippen molar-refractivity contribution >= 4 is 17.9 Å². The molecule has 0 heterocycles. The summed E-state index contributed by atoms with van der Waals surface area (Å²) >= 11 is 0. The molecule has 0 radical (unpaired) electrons. The first-order valence-corrected chi connectivity index (χ1v) is 33.1. The third kappa shape index (κ3) is 65.6. The highest BCUT2D eigenvalue weighted by atomic mass is 16.6. The molecule has 0 bridgehead atoms. The molecule has 0 aromatic rings. The molecule has 0 amide bonds. The molecule has 460 valence electrons. The third-order valence-electron chi connectivity index (χ3n) is 13.5. The average molecular weight is 1130 g/mol. The van der Waals surface area contributed by atoms with Crippen LogP contribution in [0.5, 0.6) is 0 Å². The van der Waals surface area contributed by atoms with E-state index in [0.29, 0.717) is 19.3 Å². The van der Waals surface area contributed by atoms with E-state index in [1.165, 1.54) is 70.6 Å². The lowest BCUT2D eigenvalue weighted by Crippen LogP contribution is -2.30. The number of hydrogen-bond donors (Lipinski definition) is 0. The lowest BCUT2D eigenvalue weighted by Gasteiger charge is -2.18. The van der Waals surface area contributed by atoms with Crippen LogP contribution in [0.25, 0.3) is 0 Å². The SMILES string of the molecule is CC/C=C\C/C=C\C/C=C\C/C=C\C/C=C\C/C=C\C/C=C\CCCCCC(=O)OCC(COC(=O)CCCCCCCCCCCCCCCC)OC(=O)CCCCC/C=C\C/C=C\C/C=C\C/C=C\C/C=C\C/C=C\C/C=C\CC. The number of hydrogen-bond acceptors (Lipinski definition) is 6. The van der Waals surface area contributed by atoms with E-state index in [1.54, 1.807) is 0 Å². The Morgan fingerprint density at radius 1 is 0.256 bits per heavy atom.